The van der Waals surface area contributed by atoms with Crippen LogP contribution in [-0.2, 0) is 64.0 Å². The maximum atomic E-state index is 14.3. The predicted molar refractivity (Wildman–Crippen MR) is 283 cm³/mol. The number of benzene rings is 1. The van der Waals surface area contributed by atoms with Gasteiger partial charge in [0.1, 0.15) is 48.3 Å². The van der Waals surface area contributed by atoms with E-state index in [4.69, 9.17) is 17.9 Å². The molecule has 0 aromatic heterocycles. The molecule has 2 aliphatic rings. The van der Waals surface area contributed by atoms with Gasteiger partial charge in [0, 0.05) is 57.2 Å². The molecule has 76 heavy (non-hydrogen) atoms. The summed E-state index contributed by atoms with van der Waals surface area (Å²) in [6.45, 7) is 0.498. The number of aliphatic carboxylic acids is 1. The Bertz CT molecular complexity index is 2320. The molecule has 416 valence electrons. The van der Waals surface area contributed by atoms with Crippen molar-refractivity contribution in [3.05, 3.63) is 35.9 Å². The Labute approximate surface area is 450 Å². The van der Waals surface area contributed by atoms with Crippen molar-refractivity contribution in [2.75, 3.05) is 49.7 Å². The van der Waals surface area contributed by atoms with Gasteiger partial charge in [-0.05, 0) is 37.7 Å². The molecule has 2 fully saturated rings. The van der Waals surface area contributed by atoms with Crippen LogP contribution in [-0.4, -0.2) is 180 Å². The molecule has 30 heteroatoms. The molecule has 2 saturated heterocycles. The fourth-order valence-corrected chi connectivity index (χ4v) is 10.4. The van der Waals surface area contributed by atoms with Crippen LogP contribution in [0.1, 0.15) is 57.4 Å². The first-order chi connectivity index (χ1) is 36.2. The monoisotopic (exact) mass is 1120 g/mol. The lowest BCUT2D eigenvalue weighted by Crippen LogP contribution is -2.60. The number of aliphatic imine (C=N–C) groups is 1. The number of carboxylic acids is 1. The van der Waals surface area contributed by atoms with Gasteiger partial charge in [-0.2, -0.15) is 0 Å². The number of nitrogens with two attached hydrogens (primary N) is 2. The smallest absolute Gasteiger partial charge is 0.305 e. The highest BCUT2D eigenvalue weighted by atomic mass is 33.1. The summed E-state index contributed by atoms with van der Waals surface area (Å²) < 4.78 is 0. The number of fused-ring (bicyclic) bond motifs is 5. The third kappa shape index (κ3) is 23.5. The van der Waals surface area contributed by atoms with Crippen LogP contribution in [0.15, 0.2) is 35.3 Å². The maximum Gasteiger partial charge on any atom is 0.305 e. The summed E-state index contributed by atoms with van der Waals surface area (Å²) in [7, 11) is 3.17. The van der Waals surface area contributed by atoms with Crippen LogP contribution in [0.5, 0.6) is 0 Å². The summed E-state index contributed by atoms with van der Waals surface area (Å²) in [5.74, 6) is -9.51. The molecule has 16 N–H and O–H groups in total. The molecule has 27 nitrogen and oxygen atoms in total. The second kappa shape index (κ2) is 33.6. The third-order valence-electron chi connectivity index (χ3n) is 11.0. The highest BCUT2D eigenvalue weighted by Crippen LogP contribution is 2.24. The first-order valence-electron chi connectivity index (χ1n) is 23.9. The van der Waals surface area contributed by atoms with E-state index in [0.29, 0.717) is 5.56 Å². The zero-order valence-electron chi connectivity index (χ0n) is 41.9. The van der Waals surface area contributed by atoms with Gasteiger partial charge in [0.15, 0.2) is 5.96 Å². The zero-order valence-corrected chi connectivity index (χ0v) is 44.3. The molecule has 8 atom stereocenters. The number of nitrogens with zero attached hydrogens (tertiary/aromatic N) is 1. The van der Waals surface area contributed by atoms with E-state index < -0.39 is 132 Å². The minimum Gasteiger partial charge on any atom is -0.481 e. The molecule has 2 aliphatic heterocycles. The normalized spacial score (nSPS) is 23.1. The highest BCUT2D eigenvalue weighted by Gasteiger charge is 2.35. The number of carboxylic acid groups (broad SMARTS) is 1. The van der Waals surface area contributed by atoms with Crippen LogP contribution in [0.25, 0.3) is 0 Å². The van der Waals surface area contributed by atoms with E-state index in [0.717, 1.165) is 33.3 Å². The number of nitrogens with one attached hydrogen (secondary N) is 11. The molecule has 0 spiro atoms. The SMILES string of the molecule is C#CCC(NC(C)=O)C(=O)NCCCC[C@@H]1NC(=O)CSC[C@@H](C(=O)NC)NC(=O)[C@H](Cc2ccccc2)NC(=O)[C@@H]2CSSC[C@H](NC1=O)C(=O)N[C@@H](CCCN=C(N)N)C(=O)NCC(=O)N[C@@H](CC(=O)O)C(=O)N2. The number of hydrogen-bond acceptors (Lipinski definition) is 16. The van der Waals surface area contributed by atoms with Gasteiger partial charge in [-0.3, -0.25) is 62.5 Å². The van der Waals surface area contributed by atoms with Gasteiger partial charge < -0.3 is 75.1 Å². The largest absolute Gasteiger partial charge is 0.481 e. The number of carbonyl (C=O) groups excluding carboxylic acids is 11. The zero-order chi connectivity index (χ0) is 56.2. The van der Waals surface area contributed by atoms with E-state index in [1.165, 1.54) is 14.0 Å². The lowest BCUT2D eigenvalue weighted by Gasteiger charge is -2.27. The molecular formula is C46H66N14O13S3. The van der Waals surface area contributed by atoms with Gasteiger partial charge in [0.05, 0.1) is 18.7 Å². The van der Waals surface area contributed by atoms with Crippen LogP contribution in [0, 0.1) is 12.3 Å². The Morgan fingerprint density at radius 2 is 1.34 bits per heavy atom. The van der Waals surface area contributed by atoms with Crippen LogP contribution in [0.3, 0.4) is 0 Å². The van der Waals surface area contributed by atoms with E-state index in [1.54, 1.807) is 30.3 Å². The van der Waals surface area contributed by atoms with E-state index in [9.17, 15) is 62.6 Å². The van der Waals surface area contributed by atoms with Crippen molar-refractivity contribution in [2.45, 2.75) is 107 Å². The Morgan fingerprint density at radius 3 is 1.95 bits per heavy atom. The lowest BCUT2D eigenvalue weighted by molar-refractivity contribution is -0.141. The van der Waals surface area contributed by atoms with Gasteiger partial charge >= 0.3 is 5.97 Å². The molecule has 11 amide bonds. The van der Waals surface area contributed by atoms with Crippen molar-refractivity contribution < 1.29 is 62.6 Å². The summed E-state index contributed by atoms with van der Waals surface area (Å²) >= 11 is 0.920. The Kier molecular flexibility index (Phi) is 27.9. The van der Waals surface area contributed by atoms with Gasteiger partial charge in [-0.1, -0.05) is 51.9 Å². The number of terminal acetylenes is 1. The van der Waals surface area contributed by atoms with Crippen molar-refractivity contribution >= 4 is 110 Å². The average Bonchev–Trinajstić information content (AvgIpc) is 3.36. The minimum atomic E-state index is -1.79. The number of carbonyl (C=O) groups is 12. The number of unbranched alkanes of at least 4 members (excludes halogenated alkanes) is 1. The summed E-state index contributed by atoms with van der Waals surface area (Å²) in [4.78, 5) is 165. The Hall–Kier alpha value is -7.26. The fourth-order valence-electron chi connectivity index (χ4n) is 7.22. The second-order valence-corrected chi connectivity index (χ2v) is 20.7. The highest BCUT2D eigenvalue weighted by molar-refractivity contribution is 8.76. The number of rotatable bonds is 17. The number of amides is 11. The quantitative estimate of drug-likeness (QED) is 0.0228. The standard InChI is InChI=1S/C46H66N14O13S3/c1-4-11-27(53-25(2)61)39(67)50-16-9-8-14-29-41(69)59-33-22-75-76-23-34(45(73)57-30(18-26-12-6-5-7-13-26)42(70)58-32(38(66)49-3)21-74-24-36(63)54-29)60-43(71)31(19-37(64)65)55-35(62)20-52-40(68)28(56-44(33)72)15-10-17-51-46(47)48/h1,5-7,12-13,27-34H,8-11,14-24H2,2-3H3,(H,49,66)(H,50,67)(H,52,68)(H,53,61)(H,54,63)(H,55,62)(H,56,72)(H,57,73)(H,58,70)(H,59,69)(H,60,71)(H,64,65)(H4,47,48,51)/t27?,28-,29-,30-,31-,32-,33-,34-/m0/s1. The van der Waals surface area contributed by atoms with Crippen LogP contribution < -0.4 is 70.0 Å². The summed E-state index contributed by atoms with van der Waals surface area (Å²) in [5, 5.41) is 37.6. The van der Waals surface area contributed by atoms with Crippen LogP contribution >= 0.6 is 33.3 Å². The van der Waals surface area contributed by atoms with Crippen molar-refractivity contribution in [1.82, 2.24) is 58.5 Å². The molecule has 0 saturated carbocycles. The third-order valence-corrected chi connectivity index (χ3v) is 14.5. The Balaban J connectivity index is 2.12. The molecule has 2 heterocycles. The van der Waals surface area contributed by atoms with Gasteiger partial charge in [0.2, 0.25) is 65.0 Å². The number of likely N-dealkylation sites (N-methyl/N-ethyl adjacent to an activating group) is 1. The van der Waals surface area contributed by atoms with E-state index in [1.807, 2.05) is 0 Å². The second-order valence-electron chi connectivity index (χ2n) is 17.1. The first-order valence-corrected chi connectivity index (χ1v) is 27.6. The van der Waals surface area contributed by atoms with E-state index in [-0.39, 0.29) is 87.0 Å². The fraction of sp³-hybridized carbons (Fsp3) is 0.543. The van der Waals surface area contributed by atoms with Crippen molar-refractivity contribution in [3.8, 4) is 12.3 Å². The summed E-state index contributed by atoms with van der Waals surface area (Å²) in [5.41, 5.74) is 11.5. The molecule has 1 unspecified atom stereocenters. The molecule has 0 radical (unpaired) electrons. The van der Waals surface area contributed by atoms with E-state index in [2.05, 4.69) is 69.4 Å². The molecule has 2 bridgehead atoms. The molecule has 0 aliphatic carbocycles. The van der Waals surface area contributed by atoms with Gasteiger partial charge in [-0.25, -0.2) is 0 Å². The van der Waals surface area contributed by atoms with Gasteiger partial charge in [-0.15, -0.1) is 24.1 Å². The molecule has 3 rings (SSSR count). The van der Waals surface area contributed by atoms with Crippen molar-refractivity contribution in [1.29, 1.82) is 0 Å². The number of thioether (sulfide) groups is 1. The average molecular weight is 1120 g/mol. The van der Waals surface area contributed by atoms with Gasteiger partial charge in [0.25, 0.3) is 0 Å². The van der Waals surface area contributed by atoms with E-state index >= 15 is 0 Å². The minimum absolute atomic E-state index is 0.0180. The molecule has 1 aromatic rings. The summed E-state index contributed by atoms with van der Waals surface area (Å²) in [6, 6.07) is -2.73. The van der Waals surface area contributed by atoms with Crippen LogP contribution in [0.2, 0.25) is 0 Å². The van der Waals surface area contributed by atoms with Crippen molar-refractivity contribution in [3.63, 3.8) is 0 Å². The van der Waals surface area contributed by atoms with Crippen molar-refractivity contribution in [2.24, 2.45) is 16.5 Å². The topological polar surface area (TPSA) is 422 Å². The summed E-state index contributed by atoms with van der Waals surface area (Å²) in [6.07, 6.45) is 4.64. The first kappa shape index (κ1) is 63.0. The molecule has 1 aromatic carbocycles. The predicted octanol–water partition coefficient (Wildman–Crippen LogP) is -5.03. The van der Waals surface area contributed by atoms with Crippen LogP contribution in [0.4, 0.5) is 0 Å². The molecular weight excluding hydrogens is 1050 g/mol. The number of hydrogen-bond donors (Lipinski definition) is 14. The Morgan fingerprint density at radius 1 is 0.750 bits per heavy atom. The lowest BCUT2D eigenvalue weighted by atomic mass is 10.0. The maximum absolute atomic E-state index is 14.3. The number of guanidine groups is 1.